The molecule has 1 aliphatic heterocycles. The van der Waals surface area contributed by atoms with Crippen LogP contribution in [0.5, 0.6) is 0 Å². The second-order valence-electron chi connectivity index (χ2n) is 4.91. The Kier molecular flexibility index (Phi) is 3.31. The topological polar surface area (TPSA) is 50.2 Å². The highest BCUT2D eigenvalue weighted by atomic mass is 32.1. The number of rotatable bonds is 2. The van der Waals surface area contributed by atoms with Crippen molar-refractivity contribution in [2.75, 3.05) is 4.90 Å². The lowest BCUT2D eigenvalue weighted by molar-refractivity contribution is -0.113. The minimum absolute atomic E-state index is 0.160. The molecular formula is C15H14N4OS. The average Bonchev–Trinajstić information content (AvgIpc) is 2.96. The number of benzene rings is 1. The van der Waals surface area contributed by atoms with Gasteiger partial charge in [-0.15, -0.1) is 0 Å². The van der Waals surface area contributed by atoms with Crippen LogP contribution in [0.1, 0.15) is 11.1 Å². The van der Waals surface area contributed by atoms with Crippen molar-refractivity contribution in [3.05, 3.63) is 53.5 Å². The van der Waals surface area contributed by atoms with Crippen molar-refractivity contribution in [1.82, 2.24) is 15.1 Å². The minimum Gasteiger partial charge on any atom is -0.327 e. The van der Waals surface area contributed by atoms with Gasteiger partial charge in [-0.2, -0.15) is 5.10 Å². The van der Waals surface area contributed by atoms with Crippen LogP contribution >= 0.6 is 12.2 Å². The van der Waals surface area contributed by atoms with Crippen molar-refractivity contribution in [2.45, 2.75) is 6.92 Å². The van der Waals surface area contributed by atoms with Crippen LogP contribution in [0.2, 0.25) is 0 Å². The van der Waals surface area contributed by atoms with Gasteiger partial charge in [0.15, 0.2) is 5.11 Å². The first-order chi connectivity index (χ1) is 10.0. The molecule has 1 aromatic carbocycles. The summed E-state index contributed by atoms with van der Waals surface area (Å²) in [4.78, 5) is 14.0. The van der Waals surface area contributed by atoms with Crippen LogP contribution in [0.15, 0.2) is 42.4 Å². The number of carbonyl (C=O) groups excluding carboxylic acids is 1. The zero-order valence-electron chi connectivity index (χ0n) is 11.7. The van der Waals surface area contributed by atoms with Crippen LogP contribution in [-0.2, 0) is 11.8 Å². The first-order valence-electron chi connectivity index (χ1n) is 6.47. The van der Waals surface area contributed by atoms with Gasteiger partial charge in [0.1, 0.15) is 5.70 Å². The smallest absolute Gasteiger partial charge is 0.281 e. The number of nitrogens with one attached hydrogen (secondary N) is 1. The lowest BCUT2D eigenvalue weighted by Gasteiger charge is -2.13. The van der Waals surface area contributed by atoms with E-state index < -0.39 is 0 Å². The third kappa shape index (κ3) is 2.57. The maximum absolute atomic E-state index is 12.5. The summed E-state index contributed by atoms with van der Waals surface area (Å²) in [7, 11) is 1.83. The molecule has 21 heavy (non-hydrogen) atoms. The number of aryl methyl sites for hydroxylation is 2. The van der Waals surface area contributed by atoms with Gasteiger partial charge in [0.25, 0.3) is 5.91 Å². The van der Waals surface area contributed by atoms with Gasteiger partial charge in [-0.1, -0.05) is 17.7 Å². The maximum atomic E-state index is 12.5. The Morgan fingerprint density at radius 3 is 2.62 bits per heavy atom. The number of amides is 1. The molecule has 0 aliphatic carbocycles. The van der Waals surface area contributed by atoms with E-state index in [1.54, 1.807) is 17.0 Å². The molecule has 1 fully saturated rings. The Morgan fingerprint density at radius 2 is 2.00 bits per heavy atom. The molecule has 6 heteroatoms. The Morgan fingerprint density at radius 1 is 1.29 bits per heavy atom. The van der Waals surface area contributed by atoms with Crippen molar-refractivity contribution in [2.24, 2.45) is 7.05 Å². The van der Waals surface area contributed by atoms with Crippen molar-refractivity contribution in [3.8, 4) is 0 Å². The van der Waals surface area contributed by atoms with E-state index in [0.717, 1.165) is 16.8 Å². The zero-order valence-corrected chi connectivity index (χ0v) is 12.5. The molecule has 1 N–H and O–H groups in total. The fraction of sp³-hybridized carbons (Fsp3) is 0.133. The highest BCUT2D eigenvalue weighted by molar-refractivity contribution is 7.80. The van der Waals surface area contributed by atoms with E-state index in [2.05, 4.69) is 10.4 Å². The van der Waals surface area contributed by atoms with Crippen LogP contribution in [0.4, 0.5) is 5.69 Å². The molecular weight excluding hydrogens is 284 g/mol. The summed E-state index contributed by atoms with van der Waals surface area (Å²) in [6.07, 6.45) is 5.27. The Labute approximate surface area is 127 Å². The van der Waals surface area contributed by atoms with Gasteiger partial charge in [0.2, 0.25) is 0 Å². The molecule has 2 aromatic rings. The van der Waals surface area contributed by atoms with E-state index in [1.807, 2.05) is 44.4 Å². The summed E-state index contributed by atoms with van der Waals surface area (Å²) < 4.78 is 1.68. The lowest BCUT2D eigenvalue weighted by Crippen LogP contribution is -2.30. The van der Waals surface area contributed by atoms with Crippen LogP contribution in [0.3, 0.4) is 0 Å². The fourth-order valence-electron chi connectivity index (χ4n) is 2.14. The third-order valence-corrected chi connectivity index (χ3v) is 3.49. The van der Waals surface area contributed by atoms with E-state index in [9.17, 15) is 4.79 Å². The zero-order chi connectivity index (χ0) is 15.0. The molecule has 0 radical (unpaired) electrons. The quantitative estimate of drug-likeness (QED) is 0.680. The van der Waals surface area contributed by atoms with Gasteiger partial charge in [-0.05, 0) is 37.4 Å². The van der Waals surface area contributed by atoms with E-state index >= 15 is 0 Å². The molecule has 1 aromatic heterocycles. The van der Waals surface area contributed by atoms with Gasteiger partial charge < -0.3 is 5.32 Å². The molecule has 5 nitrogen and oxygen atoms in total. The van der Waals surface area contributed by atoms with E-state index in [4.69, 9.17) is 12.2 Å². The minimum atomic E-state index is -0.160. The molecule has 106 valence electrons. The number of hydrogen-bond acceptors (Lipinski definition) is 3. The first-order valence-corrected chi connectivity index (χ1v) is 6.88. The molecule has 0 atom stereocenters. The van der Waals surface area contributed by atoms with Crippen LogP contribution < -0.4 is 10.2 Å². The summed E-state index contributed by atoms with van der Waals surface area (Å²) in [5.74, 6) is -0.160. The predicted octanol–water partition coefficient (Wildman–Crippen LogP) is 1.99. The Bertz CT molecular complexity index is 745. The Hall–Kier alpha value is -2.47. The number of carbonyl (C=O) groups is 1. The molecule has 1 aliphatic rings. The molecule has 0 bridgehead atoms. The number of thiocarbonyl (C=S) groups is 1. The number of anilines is 1. The lowest BCUT2D eigenvalue weighted by atomic mass is 10.2. The average molecular weight is 298 g/mol. The van der Waals surface area contributed by atoms with Crippen molar-refractivity contribution in [1.29, 1.82) is 0 Å². The van der Waals surface area contributed by atoms with Crippen LogP contribution in [-0.4, -0.2) is 20.8 Å². The largest absolute Gasteiger partial charge is 0.327 e. The van der Waals surface area contributed by atoms with E-state index in [1.165, 1.54) is 4.90 Å². The normalized spacial score (nSPS) is 16.7. The molecule has 3 rings (SSSR count). The van der Waals surface area contributed by atoms with E-state index in [0.29, 0.717) is 10.8 Å². The monoisotopic (exact) mass is 298 g/mol. The van der Waals surface area contributed by atoms with E-state index in [-0.39, 0.29) is 5.91 Å². The summed E-state index contributed by atoms with van der Waals surface area (Å²) >= 11 is 5.26. The third-order valence-electron chi connectivity index (χ3n) is 3.21. The summed E-state index contributed by atoms with van der Waals surface area (Å²) in [5.41, 5.74) is 3.20. The number of nitrogens with zero attached hydrogens (tertiary/aromatic N) is 3. The molecule has 1 saturated heterocycles. The second kappa shape index (κ2) is 5.14. The summed E-state index contributed by atoms with van der Waals surface area (Å²) in [5, 5.41) is 7.42. The van der Waals surface area contributed by atoms with Gasteiger partial charge in [0, 0.05) is 18.8 Å². The maximum Gasteiger partial charge on any atom is 0.281 e. The Balaban J connectivity index is 1.92. The van der Waals surface area contributed by atoms with Crippen molar-refractivity contribution in [3.63, 3.8) is 0 Å². The summed E-state index contributed by atoms with van der Waals surface area (Å²) in [6, 6.07) is 7.67. The predicted molar refractivity (Wildman–Crippen MR) is 85.6 cm³/mol. The van der Waals surface area contributed by atoms with Gasteiger partial charge in [0.05, 0.1) is 11.9 Å². The van der Waals surface area contributed by atoms with Crippen LogP contribution in [0.25, 0.3) is 6.08 Å². The number of hydrogen-bond donors (Lipinski definition) is 1. The van der Waals surface area contributed by atoms with Crippen molar-refractivity contribution < 1.29 is 4.79 Å². The van der Waals surface area contributed by atoms with Crippen LogP contribution in [0, 0.1) is 6.92 Å². The summed E-state index contributed by atoms with van der Waals surface area (Å²) in [6.45, 7) is 2.00. The molecule has 0 unspecified atom stereocenters. The standard InChI is InChI=1S/C15H14N4OS/c1-10-3-5-12(6-4-10)19-14(20)13(17-15(19)21)7-11-8-16-18(2)9-11/h3-9H,1-2H3,(H,17,21). The number of aromatic nitrogens is 2. The molecule has 2 heterocycles. The highest BCUT2D eigenvalue weighted by Crippen LogP contribution is 2.22. The second-order valence-corrected chi connectivity index (χ2v) is 5.30. The first kappa shape index (κ1) is 13.5. The molecule has 0 spiro atoms. The SMILES string of the molecule is Cc1ccc(N2C(=O)C(=Cc3cnn(C)c3)NC2=S)cc1. The molecule has 1 amide bonds. The highest BCUT2D eigenvalue weighted by Gasteiger charge is 2.31. The van der Waals surface area contributed by atoms with Gasteiger partial charge in [-0.25, -0.2) is 0 Å². The van der Waals surface area contributed by atoms with Gasteiger partial charge in [-0.3, -0.25) is 14.4 Å². The molecule has 0 saturated carbocycles. The van der Waals surface area contributed by atoms with Gasteiger partial charge >= 0.3 is 0 Å². The van der Waals surface area contributed by atoms with Crippen molar-refractivity contribution >= 4 is 35.0 Å². The fourth-order valence-corrected chi connectivity index (χ4v) is 2.44.